The summed E-state index contributed by atoms with van der Waals surface area (Å²) < 4.78 is 29.8. The van der Waals surface area contributed by atoms with E-state index in [1.807, 2.05) is 6.92 Å². The highest BCUT2D eigenvalue weighted by molar-refractivity contribution is 7.84. The maximum atomic E-state index is 13.7. The van der Waals surface area contributed by atoms with Gasteiger partial charge >= 0.3 is 5.69 Å². The molecule has 1 rings (SSSR count). The van der Waals surface area contributed by atoms with Crippen molar-refractivity contribution in [2.24, 2.45) is 0 Å². The molecule has 0 spiro atoms. The number of nitrogens with one attached hydrogen (secondary N) is 1. The Hall–Kier alpha value is -1.70. The number of hydrogen-bond donors (Lipinski definition) is 1. The van der Waals surface area contributed by atoms with Crippen LogP contribution in [-0.4, -0.2) is 34.3 Å². The molecule has 0 aliphatic heterocycles. The normalized spacial score (nSPS) is 13.6. The van der Waals surface area contributed by atoms with Gasteiger partial charge in [0.2, 0.25) is 0 Å². The molecular weight excluding hydrogens is 287 g/mol. The first kappa shape index (κ1) is 16.4. The summed E-state index contributed by atoms with van der Waals surface area (Å²) in [7, 11) is 0.347. The van der Waals surface area contributed by atoms with Crippen LogP contribution < -0.4 is 10.1 Å². The SMILES string of the molecule is COc1cc(NCCC(C)S(C)=O)c(F)cc1[N+](=O)[O-]. The van der Waals surface area contributed by atoms with Crippen molar-refractivity contribution in [1.82, 2.24) is 0 Å². The minimum absolute atomic E-state index is 0.00832. The Morgan fingerprint density at radius 2 is 2.20 bits per heavy atom. The highest BCUT2D eigenvalue weighted by atomic mass is 32.2. The van der Waals surface area contributed by atoms with Gasteiger partial charge in [-0.3, -0.25) is 14.3 Å². The van der Waals surface area contributed by atoms with E-state index in [9.17, 15) is 18.7 Å². The van der Waals surface area contributed by atoms with Crippen molar-refractivity contribution in [2.75, 3.05) is 25.2 Å². The Morgan fingerprint density at radius 1 is 1.55 bits per heavy atom. The number of halogens is 1. The Balaban J connectivity index is 2.81. The molecule has 1 N–H and O–H groups in total. The molecule has 0 fully saturated rings. The van der Waals surface area contributed by atoms with Crippen molar-refractivity contribution in [3.63, 3.8) is 0 Å². The second-order valence-electron chi connectivity index (χ2n) is 4.29. The fraction of sp³-hybridized carbons (Fsp3) is 0.500. The minimum atomic E-state index is -0.937. The van der Waals surface area contributed by atoms with Crippen molar-refractivity contribution < 1.29 is 18.3 Å². The maximum absolute atomic E-state index is 13.7. The first-order valence-electron chi connectivity index (χ1n) is 5.94. The number of methoxy groups -OCH3 is 1. The van der Waals surface area contributed by atoms with Crippen LogP contribution in [0.1, 0.15) is 13.3 Å². The average molecular weight is 304 g/mol. The molecule has 112 valence electrons. The van der Waals surface area contributed by atoms with E-state index in [-0.39, 0.29) is 16.7 Å². The zero-order valence-electron chi connectivity index (χ0n) is 11.5. The smallest absolute Gasteiger partial charge is 0.313 e. The van der Waals surface area contributed by atoms with Crippen molar-refractivity contribution in [3.8, 4) is 5.75 Å². The molecule has 0 heterocycles. The number of nitro benzene ring substituents is 1. The third-order valence-corrected chi connectivity index (χ3v) is 4.27. The summed E-state index contributed by atoms with van der Waals surface area (Å²) >= 11 is 0. The molecule has 8 heteroatoms. The quantitative estimate of drug-likeness (QED) is 0.617. The standard InChI is InChI=1S/C12H17FN2O4S/c1-8(20(3)18)4-5-14-10-7-12(19-2)11(15(16)17)6-9(10)13/h6-8,14H,4-5H2,1-3H3. The molecule has 0 amide bonds. The van der Waals surface area contributed by atoms with Gasteiger partial charge in [0.05, 0.1) is 23.8 Å². The number of nitrogens with zero attached hydrogens (tertiary/aromatic N) is 1. The lowest BCUT2D eigenvalue weighted by Crippen LogP contribution is -2.15. The van der Waals surface area contributed by atoms with E-state index < -0.39 is 27.2 Å². The van der Waals surface area contributed by atoms with Gasteiger partial charge in [-0.1, -0.05) is 6.92 Å². The predicted octanol–water partition coefficient (Wildman–Crippen LogP) is 2.31. The van der Waals surface area contributed by atoms with Gasteiger partial charge in [0.25, 0.3) is 0 Å². The third-order valence-electron chi connectivity index (χ3n) is 2.90. The lowest BCUT2D eigenvalue weighted by molar-refractivity contribution is -0.385. The van der Waals surface area contributed by atoms with Gasteiger partial charge in [0, 0.05) is 34.9 Å². The summed E-state index contributed by atoms with van der Waals surface area (Å²) in [5.41, 5.74) is -0.292. The first-order valence-corrected chi connectivity index (χ1v) is 7.57. The van der Waals surface area contributed by atoms with Gasteiger partial charge in [0.15, 0.2) is 11.6 Å². The molecule has 0 aliphatic rings. The largest absolute Gasteiger partial charge is 0.490 e. The Kier molecular flexibility index (Phi) is 5.87. The van der Waals surface area contributed by atoms with Crippen LogP contribution in [0.15, 0.2) is 12.1 Å². The minimum Gasteiger partial charge on any atom is -0.490 e. The van der Waals surface area contributed by atoms with Crippen LogP contribution >= 0.6 is 0 Å². The van der Waals surface area contributed by atoms with E-state index in [1.165, 1.54) is 13.2 Å². The Labute approximate surface area is 118 Å². The van der Waals surface area contributed by atoms with Crippen LogP contribution in [0.3, 0.4) is 0 Å². The van der Waals surface area contributed by atoms with E-state index in [0.717, 1.165) is 6.07 Å². The van der Waals surface area contributed by atoms with Gasteiger partial charge in [-0.05, 0) is 6.42 Å². The van der Waals surface area contributed by atoms with E-state index in [0.29, 0.717) is 13.0 Å². The topological polar surface area (TPSA) is 81.5 Å². The van der Waals surface area contributed by atoms with Gasteiger partial charge in [0.1, 0.15) is 0 Å². The maximum Gasteiger partial charge on any atom is 0.313 e. The van der Waals surface area contributed by atoms with Crippen LogP contribution in [0.4, 0.5) is 15.8 Å². The molecule has 0 aromatic heterocycles. The van der Waals surface area contributed by atoms with Crippen LogP contribution in [0.2, 0.25) is 0 Å². The van der Waals surface area contributed by atoms with Gasteiger partial charge in [-0.2, -0.15) is 0 Å². The Bertz CT molecular complexity index is 524. The molecule has 0 radical (unpaired) electrons. The molecule has 0 saturated heterocycles. The summed E-state index contributed by atoms with van der Waals surface area (Å²) in [6.07, 6.45) is 2.21. The third kappa shape index (κ3) is 4.16. The molecule has 1 aromatic carbocycles. The summed E-state index contributed by atoms with van der Waals surface area (Å²) in [6, 6.07) is 2.07. The van der Waals surface area contributed by atoms with Gasteiger partial charge < -0.3 is 10.1 Å². The lowest BCUT2D eigenvalue weighted by Gasteiger charge is -2.12. The second-order valence-corrected chi connectivity index (χ2v) is 6.09. The molecule has 2 atom stereocenters. The molecule has 0 saturated carbocycles. The van der Waals surface area contributed by atoms with Crippen LogP contribution in [0, 0.1) is 15.9 Å². The molecular formula is C12H17FN2O4S. The lowest BCUT2D eigenvalue weighted by atomic mass is 10.2. The molecule has 6 nitrogen and oxygen atoms in total. The molecule has 1 aromatic rings. The van der Waals surface area contributed by atoms with Crippen LogP contribution in [0.5, 0.6) is 5.75 Å². The monoisotopic (exact) mass is 304 g/mol. The summed E-state index contributed by atoms with van der Waals surface area (Å²) in [5, 5.41) is 13.5. The van der Waals surface area contributed by atoms with Crippen molar-refractivity contribution in [3.05, 3.63) is 28.1 Å². The number of nitro groups is 1. The highest BCUT2D eigenvalue weighted by Crippen LogP contribution is 2.32. The number of anilines is 1. The van der Waals surface area contributed by atoms with Crippen LogP contribution in [0.25, 0.3) is 0 Å². The van der Waals surface area contributed by atoms with Crippen molar-refractivity contribution >= 4 is 22.2 Å². The summed E-state index contributed by atoms with van der Waals surface area (Å²) in [5.74, 6) is -0.728. The number of rotatable bonds is 7. The molecule has 2 unspecified atom stereocenters. The Morgan fingerprint density at radius 3 is 2.70 bits per heavy atom. The predicted molar refractivity (Wildman–Crippen MR) is 76.2 cm³/mol. The zero-order valence-corrected chi connectivity index (χ0v) is 12.3. The van der Waals surface area contributed by atoms with E-state index in [2.05, 4.69) is 5.32 Å². The van der Waals surface area contributed by atoms with Gasteiger partial charge in [-0.25, -0.2) is 4.39 Å². The van der Waals surface area contributed by atoms with Gasteiger partial charge in [-0.15, -0.1) is 0 Å². The molecule has 20 heavy (non-hydrogen) atoms. The number of benzene rings is 1. The first-order chi connectivity index (χ1) is 9.36. The number of hydrogen-bond acceptors (Lipinski definition) is 5. The van der Waals surface area contributed by atoms with E-state index >= 15 is 0 Å². The van der Waals surface area contributed by atoms with E-state index in [1.54, 1.807) is 6.26 Å². The molecule has 0 bridgehead atoms. The zero-order chi connectivity index (χ0) is 15.3. The summed E-state index contributed by atoms with van der Waals surface area (Å²) in [6.45, 7) is 2.25. The van der Waals surface area contributed by atoms with Crippen molar-refractivity contribution in [1.29, 1.82) is 0 Å². The number of ether oxygens (including phenoxy) is 1. The fourth-order valence-corrected chi connectivity index (χ4v) is 2.01. The highest BCUT2D eigenvalue weighted by Gasteiger charge is 2.19. The second kappa shape index (κ2) is 7.18. The fourth-order valence-electron chi connectivity index (χ4n) is 1.56. The van der Waals surface area contributed by atoms with Crippen molar-refractivity contribution in [2.45, 2.75) is 18.6 Å². The summed E-state index contributed by atoms with van der Waals surface area (Å²) in [4.78, 5) is 10.0. The van der Waals surface area contributed by atoms with E-state index in [4.69, 9.17) is 4.74 Å². The average Bonchev–Trinajstić information content (AvgIpc) is 2.39. The molecule has 0 aliphatic carbocycles. The van der Waals surface area contributed by atoms with Crippen LogP contribution in [-0.2, 0) is 10.8 Å².